The summed E-state index contributed by atoms with van der Waals surface area (Å²) in [6.07, 6.45) is -10.3. The molecule has 1 saturated heterocycles. The average molecular weight is 535 g/mol. The number of fused-ring (bicyclic) bond motifs is 3. The number of benzene rings is 2. The second-order valence-electron chi connectivity index (χ2n) is 8.28. The molecular formula is C23H20Cl2N4O7. The maximum absolute atomic E-state index is 11.6. The molecule has 3 aromatic rings. The largest absolute Gasteiger partial charge is 0.479 e. The Bertz CT molecular complexity index is 1360. The molecule has 0 amide bonds. The van der Waals surface area contributed by atoms with Gasteiger partial charge in [0.2, 0.25) is 6.23 Å². The van der Waals surface area contributed by atoms with E-state index in [-0.39, 0.29) is 5.82 Å². The number of aromatic nitrogens is 3. The lowest BCUT2D eigenvalue weighted by atomic mass is 9.99. The van der Waals surface area contributed by atoms with Crippen molar-refractivity contribution in [1.29, 1.82) is 0 Å². The van der Waals surface area contributed by atoms with Crippen molar-refractivity contribution in [2.45, 2.75) is 43.9 Å². The fourth-order valence-electron chi connectivity index (χ4n) is 4.22. The van der Waals surface area contributed by atoms with Crippen LogP contribution >= 0.6 is 23.2 Å². The topological polar surface area (TPSA) is 160 Å². The number of aryl methyl sites for hydroxylation is 1. The minimum Gasteiger partial charge on any atom is -0.479 e. The molecule has 2 aromatic carbocycles. The summed E-state index contributed by atoms with van der Waals surface area (Å²) in [7, 11) is 0. The number of hydrogen-bond acceptors (Lipinski definition) is 9. The number of halogens is 2. The minimum absolute atomic E-state index is 0.196. The molecule has 6 atom stereocenters. The second-order valence-corrected chi connectivity index (χ2v) is 9.13. The maximum atomic E-state index is 11.6. The number of nitrogens with zero attached hydrogens (tertiary/aromatic N) is 4. The number of rotatable bonds is 4. The van der Waals surface area contributed by atoms with E-state index in [1.807, 2.05) is 0 Å². The Morgan fingerprint density at radius 3 is 2.50 bits per heavy atom. The van der Waals surface area contributed by atoms with Crippen molar-refractivity contribution in [1.82, 2.24) is 14.8 Å². The zero-order chi connectivity index (χ0) is 25.7. The molecule has 1 aromatic heterocycles. The number of hydrogen-bond donors (Lipinski definition) is 4. The molecule has 36 heavy (non-hydrogen) atoms. The molecule has 0 unspecified atom stereocenters. The van der Waals surface area contributed by atoms with Crippen LogP contribution in [0, 0.1) is 6.92 Å². The predicted octanol–water partition coefficient (Wildman–Crippen LogP) is 1.64. The smallest absolute Gasteiger partial charge is 0.335 e. The number of aliphatic hydroxyl groups is 3. The summed E-state index contributed by atoms with van der Waals surface area (Å²) in [5.74, 6) is -0.854. The molecule has 13 heteroatoms. The van der Waals surface area contributed by atoms with E-state index >= 15 is 0 Å². The van der Waals surface area contributed by atoms with Gasteiger partial charge in [0.1, 0.15) is 24.1 Å². The van der Waals surface area contributed by atoms with Gasteiger partial charge in [0.15, 0.2) is 18.2 Å². The first kappa shape index (κ1) is 24.8. The summed E-state index contributed by atoms with van der Waals surface area (Å²) < 4.78 is 12.9. The van der Waals surface area contributed by atoms with Crippen molar-refractivity contribution >= 4 is 34.9 Å². The first-order chi connectivity index (χ1) is 17.2. The monoisotopic (exact) mass is 534 g/mol. The fourth-order valence-corrected chi connectivity index (χ4v) is 4.62. The van der Waals surface area contributed by atoms with E-state index in [4.69, 9.17) is 37.7 Å². The van der Waals surface area contributed by atoms with Gasteiger partial charge in [0.05, 0.1) is 11.4 Å². The normalized spacial score (nSPS) is 27.6. The van der Waals surface area contributed by atoms with E-state index < -0.39 is 42.9 Å². The van der Waals surface area contributed by atoms with Crippen molar-refractivity contribution < 1.29 is 34.7 Å². The molecule has 11 nitrogen and oxygen atoms in total. The summed E-state index contributed by atoms with van der Waals surface area (Å²) >= 11 is 12.8. The van der Waals surface area contributed by atoms with Crippen LogP contribution in [0.15, 0.2) is 47.5 Å². The first-order valence-corrected chi connectivity index (χ1v) is 11.6. The molecule has 2 aliphatic heterocycles. The fraction of sp³-hybridized carbons (Fsp3) is 0.304. The molecule has 0 bridgehead atoms. The maximum Gasteiger partial charge on any atom is 0.335 e. The van der Waals surface area contributed by atoms with Crippen LogP contribution < -0.4 is 0 Å². The van der Waals surface area contributed by atoms with Gasteiger partial charge in [-0.05, 0) is 31.2 Å². The van der Waals surface area contributed by atoms with Gasteiger partial charge in [0.25, 0.3) is 0 Å². The zero-order valence-electron chi connectivity index (χ0n) is 18.6. The summed E-state index contributed by atoms with van der Waals surface area (Å²) in [5.41, 5.74) is 2.16. The molecule has 0 spiro atoms. The molecule has 188 valence electrons. The van der Waals surface area contributed by atoms with Gasteiger partial charge in [-0.2, -0.15) is 0 Å². The third-order valence-corrected chi connectivity index (χ3v) is 6.54. The average Bonchev–Trinajstić information content (AvgIpc) is 3.17. The lowest BCUT2D eigenvalue weighted by Crippen LogP contribution is -2.60. The van der Waals surface area contributed by atoms with E-state index in [9.17, 15) is 25.2 Å². The van der Waals surface area contributed by atoms with Crippen LogP contribution in [0.2, 0.25) is 10.0 Å². The molecule has 4 N–H and O–H groups in total. The van der Waals surface area contributed by atoms with Gasteiger partial charge < -0.3 is 29.9 Å². The van der Waals surface area contributed by atoms with Crippen LogP contribution in [-0.4, -0.2) is 77.6 Å². The summed E-state index contributed by atoms with van der Waals surface area (Å²) in [6.45, 7) is 1.72. The predicted molar refractivity (Wildman–Crippen MR) is 126 cm³/mol. The lowest BCUT2D eigenvalue weighted by molar-refractivity contribution is -0.305. The number of ether oxygens (including phenoxy) is 2. The van der Waals surface area contributed by atoms with E-state index in [1.54, 1.807) is 54.0 Å². The van der Waals surface area contributed by atoms with Gasteiger partial charge in [-0.15, -0.1) is 10.2 Å². The first-order valence-electron chi connectivity index (χ1n) is 10.8. The third-order valence-electron chi connectivity index (χ3n) is 5.98. The minimum atomic E-state index is -1.87. The van der Waals surface area contributed by atoms with Crippen LogP contribution in [0.25, 0.3) is 5.69 Å². The highest BCUT2D eigenvalue weighted by Gasteiger charge is 2.48. The van der Waals surface area contributed by atoms with Crippen LogP contribution in [-0.2, 0) is 14.3 Å². The lowest BCUT2D eigenvalue weighted by Gasteiger charge is -2.39. The Balaban J connectivity index is 1.66. The second kappa shape index (κ2) is 9.52. The molecule has 3 heterocycles. The molecule has 0 radical (unpaired) electrons. The molecule has 5 rings (SSSR count). The van der Waals surface area contributed by atoms with Gasteiger partial charge >= 0.3 is 5.97 Å². The van der Waals surface area contributed by atoms with Gasteiger partial charge in [-0.1, -0.05) is 41.4 Å². The van der Waals surface area contributed by atoms with Crippen molar-refractivity contribution in [3.05, 3.63) is 75.3 Å². The van der Waals surface area contributed by atoms with E-state index in [0.29, 0.717) is 38.4 Å². The van der Waals surface area contributed by atoms with Crippen LogP contribution in [0.1, 0.15) is 29.0 Å². The van der Waals surface area contributed by atoms with Gasteiger partial charge in [-0.25, -0.2) is 9.79 Å². The molecule has 1 fully saturated rings. The number of aliphatic imine (C=N–C) groups is 1. The Labute approximate surface area is 214 Å². The molecule has 0 aliphatic carbocycles. The highest BCUT2D eigenvalue weighted by atomic mass is 35.5. The van der Waals surface area contributed by atoms with E-state index in [2.05, 4.69) is 10.2 Å². The quantitative estimate of drug-likeness (QED) is 0.390. The summed E-state index contributed by atoms with van der Waals surface area (Å²) in [4.78, 5) is 16.3. The number of carboxylic acids is 1. The molecular weight excluding hydrogens is 515 g/mol. The Morgan fingerprint density at radius 2 is 1.78 bits per heavy atom. The molecule has 0 saturated carbocycles. The van der Waals surface area contributed by atoms with E-state index in [0.717, 1.165) is 0 Å². The summed E-state index contributed by atoms with van der Waals surface area (Å²) in [6, 6.07) is 12.2. The van der Waals surface area contributed by atoms with Crippen molar-refractivity contribution in [3.8, 4) is 5.69 Å². The van der Waals surface area contributed by atoms with Gasteiger partial charge in [0, 0.05) is 21.2 Å². The standard InChI is InChI=1S/C23H20Cl2N4O7/c1-9-27-28-20-21(36-23-18(32)16(30)17(31)19(35-23)22(33)34)26-15(11-4-2-3-5-13(11)25)12-8-10(24)6-7-14(12)29(9)20/h2-8,16-19,21,23,30-32H,1H3,(H,33,34)/t16-,17-,18-,19-,21+,23-/m1/s1. The van der Waals surface area contributed by atoms with Crippen LogP contribution in [0.5, 0.6) is 0 Å². The highest BCUT2D eigenvalue weighted by Crippen LogP contribution is 2.36. The number of aliphatic carboxylic acids is 1. The highest BCUT2D eigenvalue weighted by molar-refractivity contribution is 6.36. The van der Waals surface area contributed by atoms with Gasteiger partial charge in [-0.3, -0.25) is 4.57 Å². The number of aliphatic hydroxyl groups excluding tert-OH is 3. The Morgan fingerprint density at radius 1 is 1.03 bits per heavy atom. The Hall–Kier alpha value is -2.90. The van der Waals surface area contributed by atoms with Crippen LogP contribution in [0.4, 0.5) is 0 Å². The van der Waals surface area contributed by atoms with Crippen LogP contribution in [0.3, 0.4) is 0 Å². The van der Waals surface area contributed by atoms with Crippen molar-refractivity contribution in [2.24, 2.45) is 4.99 Å². The SMILES string of the molecule is Cc1nnc2n1-c1ccc(Cl)cc1C(c1ccccc1Cl)=N[C@H]2O[C@H]1O[C@@H](C(=O)O)[C@H](O)[C@@H](O)[C@H]1O. The zero-order valence-corrected chi connectivity index (χ0v) is 20.1. The summed E-state index contributed by atoms with van der Waals surface area (Å²) in [5, 5.41) is 49.3. The van der Waals surface area contributed by atoms with Crippen molar-refractivity contribution in [3.63, 3.8) is 0 Å². The number of carboxylic acid groups (broad SMARTS) is 1. The van der Waals surface area contributed by atoms with Crippen molar-refractivity contribution in [2.75, 3.05) is 0 Å². The number of carbonyl (C=O) groups is 1. The third kappa shape index (κ3) is 4.18. The molecule has 2 aliphatic rings. The Kier molecular flexibility index (Phi) is 6.55. The van der Waals surface area contributed by atoms with E-state index in [1.165, 1.54) is 0 Å².